The van der Waals surface area contributed by atoms with Gasteiger partial charge in [0.15, 0.2) is 5.76 Å². The number of ether oxygens (including phenoxy) is 1. The largest absolute Gasteiger partial charge is 0.481 e. The van der Waals surface area contributed by atoms with Crippen molar-refractivity contribution < 1.29 is 9.26 Å². The van der Waals surface area contributed by atoms with Crippen molar-refractivity contribution in [3.8, 4) is 5.88 Å². The highest BCUT2D eigenvalue weighted by atomic mass is 16.5. The predicted octanol–water partition coefficient (Wildman–Crippen LogP) is 3.17. The van der Waals surface area contributed by atoms with Gasteiger partial charge in [-0.1, -0.05) is 23.4 Å². The van der Waals surface area contributed by atoms with Crippen molar-refractivity contribution in [2.24, 2.45) is 0 Å². The van der Waals surface area contributed by atoms with E-state index >= 15 is 0 Å². The quantitative estimate of drug-likeness (QED) is 0.724. The molecule has 0 aliphatic carbocycles. The summed E-state index contributed by atoms with van der Waals surface area (Å²) >= 11 is 0. The van der Waals surface area contributed by atoms with Gasteiger partial charge in [-0.25, -0.2) is 4.98 Å². The minimum absolute atomic E-state index is 0.637. The van der Waals surface area contributed by atoms with Crippen molar-refractivity contribution in [3.63, 3.8) is 0 Å². The number of aromatic nitrogens is 2. The summed E-state index contributed by atoms with van der Waals surface area (Å²) in [7, 11) is 3.70. The molecule has 0 saturated carbocycles. The monoisotopic (exact) mass is 297 g/mol. The molecule has 3 rings (SSSR count). The van der Waals surface area contributed by atoms with E-state index in [0.29, 0.717) is 12.4 Å². The zero-order chi connectivity index (χ0) is 15.5. The summed E-state index contributed by atoms with van der Waals surface area (Å²) < 4.78 is 10.6. The number of hydrogen-bond donors (Lipinski definition) is 0. The molecule has 0 fully saturated rings. The van der Waals surface area contributed by atoms with E-state index in [1.165, 1.54) is 5.56 Å². The van der Waals surface area contributed by atoms with Crippen LogP contribution in [0.15, 0.2) is 40.9 Å². The molecule has 22 heavy (non-hydrogen) atoms. The topological polar surface area (TPSA) is 51.4 Å². The highest BCUT2D eigenvalue weighted by Gasteiger charge is 2.10. The Balaban J connectivity index is 1.85. The van der Waals surface area contributed by atoms with Gasteiger partial charge in [0.25, 0.3) is 0 Å². The van der Waals surface area contributed by atoms with E-state index in [1.807, 2.05) is 37.3 Å². The molecular formula is C17H19N3O2. The average molecular weight is 297 g/mol. The van der Waals surface area contributed by atoms with Crippen molar-refractivity contribution in [2.75, 3.05) is 14.2 Å². The second kappa shape index (κ2) is 6.15. The Hall–Kier alpha value is -2.40. The fourth-order valence-corrected chi connectivity index (χ4v) is 2.56. The molecular weight excluding hydrogens is 278 g/mol. The first-order chi connectivity index (χ1) is 10.7. The Labute approximate surface area is 129 Å². The Kier molecular flexibility index (Phi) is 4.06. The van der Waals surface area contributed by atoms with Crippen molar-refractivity contribution in [1.82, 2.24) is 15.0 Å². The number of pyridine rings is 1. The molecule has 0 aliphatic heterocycles. The fourth-order valence-electron chi connectivity index (χ4n) is 2.56. The Morgan fingerprint density at radius 2 is 2.00 bits per heavy atom. The zero-order valence-electron chi connectivity index (χ0n) is 13.0. The molecule has 0 saturated heterocycles. The predicted molar refractivity (Wildman–Crippen MR) is 84.7 cm³/mol. The number of aryl methyl sites for hydroxylation is 1. The smallest absolute Gasteiger partial charge is 0.213 e. The molecule has 114 valence electrons. The molecule has 0 bridgehead atoms. The molecule has 3 aromatic rings. The van der Waals surface area contributed by atoms with Gasteiger partial charge >= 0.3 is 0 Å². The van der Waals surface area contributed by atoms with Crippen LogP contribution >= 0.6 is 0 Å². The van der Waals surface area contributed by atoms with Gasteiger partial charge in [0.1, 0.15) is 0 Å². The molecule has 0 N–H and O–H groups in total. The number of benzene rings is 1. The van der Waals surface area contributed by atoms with Crippen LogP contribution in [0.5, 0.6) is 5.88 Å². The third-order valence-corrected chi connectivity index (χ3v) is 3.53. The van der Waals surface area contributed by atoms with Crippen LogP contribution < -0.4 is 4.74 Å². The van der Waals surface area contributed by atoms with Gasteiger partial charge in [0.05, 0.1) is 24.9 Å². The average Bonchev–Trinajstić information content (AvgIpc) is 2.92. The van der Waals surface area contributed by atoms with Crippen LogP contribution in [0.25, 0.3) is 10.9 Å². The van der Waals surface area contributed by atoms with Crippen molar-refractivity contribution in [3.05, 3.63) is 53.4 Å². The first-order valence-electron chi connectivity index (χ1n) is 7.19. The minimum atomic E-state index is 0.637. The zero-order valence-corrected chi connectivity index (χ0v) is 13.0. The summed E-state index contributed by atoms with van der Waals surface area (Å²) in [5.41, 5.74) is 3.03. The van der Waals surface area contributed by atoms with Crippen LogP contribution in [-0.4, -0.2) is 29.2 Å². The summed E-state index contributed by atoms with van der Waals surface area (Å²) in [4.78, 5) is 6.66. The summed E-state index contributed by atoms with van der Waals surface area (Å²) in [6.45, 7) is 3.41. The molecule has 0 atom stereocenters. The summed E-state index contributed by atoms with van der Waals surface area (Å²) in [5.74, 6) is 1.50. The first kappa shape index (κ1) is 14.5. The van der Waals surface area contributed by atoms with E-state index in [4.69, 9.17) is 9.26 Å². The molecule has 0 amide bonds. The maximum absolute atomic E-state index is 5.31. The lowest BCUT2D eigenvalue weighted by molar-refractivity contribution is 0.266. The molecule has 5 nitrogen and oxygen atoms in total. The Morgan fingerprint density at radius 3 is 2.73 bits per heavy atom. The maximum Gasteiger partial charge on any atom is 0.213 e. The third kappa shape index (κ3) is 3.09. The number of nitrogens with zero attached hydrogens (tertiary/aromatic N) is 3. The molecule has 0 unspecified atom stereocenters. The van der Waals surface area contributed by atoms with Gasteiger partial charge in [-0.2, -0.15) is 0 Å². The highest BCUT2D eigenvalue weighted by molar-refractivity contribution is 5.82. The van der Waals surface area contributed by atoms with Crippen LogP contribution in [0.2, 0.25) is 0 Å². The van der Waals surface area contributed by atoms with Crippen molar-refractivity contribution in [2.45, 2.75) is 20.0 Å². The van der Waals surface area contributed by atoms with Crippen LogP contribution in [0.4, 0.5) is 0 Å². The normalized spacial score (nSPS) is 11.3. The van der Waals surface area contributed by atoms with Gasteiger partial charge < -0.3 is 9.26 Å². The van der Waals surface area contributed by atoms with Crippen LogP contribution in [0.3, 0.4) is 0 Å². The molecule has 2 aromatic heterocycles. The lowest BCUT2D eigenvalue weighted by Crippen LogP contribution is -2.17. The third-order valence-electron chi connectivity index (χ3n) is 3.53. The lowest BCUT2D eigenvalue weighted by Gasteiger charge is -2.17. The van der Waals surface area contributed by atoms with Gasteiger partial charge in [-0.05, 0) is 25.6 Å². The number of para-hydroxylation sites is 1. The lowest BCUT2D eigenvalue weighted by atomic mass is 10.1. The van der Waals surface area contributed by atoms with E-state index in [1.54, 1.807) is 7.11 Å². The number of fused-ring (bicyclic) bond motifs is 1. The van der Waals surface area contributed by atoms with E-state index in [2.05, 4.69) is 28.2 Å². The van der Waals surface area contributed by atoms with Gasteiger partial charge in [0.2, 0.25) is 5.88 Å². The molecule has 1 aromatic carbocycles. The van der Waals surface area contributed by atoms with Crippen LogP contribution in [0.1, 0.15) is 17.0 Å². The second-order valence-electron chi connectivity index (χ2n) is 5.45. The Bertz CT molecular complexity index is 782. The number of methoxy groups -OCH3 is 1. The van der Waals surface area contributed by atoms with E-state index in [0.717, 1.165) is 28.9 Å². The van der Waals surface area contributed by atoms with Crippen molar-refractivity contribution >= 4 is 10.9 Å². The number of hydrogen-bond acceptors (Lipinski definition) is 5. The van der Waals surface area contributed by atoms with Gasteiger partial charge in [0, 0.05) is 24.1 Å². The van der Waals surface area contributed by atoms with E-state index < -0.39 is 0 Å². The van der Waals surface area contributed by atoms with E-state index in [-0.39, 0.29) is 0 Å². The SMILES string of the molecule is COc1cc(CN(C)Cc2cc(C)no2)c2ccccc2n1. The highest BCUT2D eigenvalue weighted by Crippen LogP contribution is 2.23. The number of rotatable bonds is 5. The second-order valence-corrected chi connectivity index (χ2v) is 5.45. The van der Waals surface area contributed by atoms with Crippen LogP contribution in [0, 0.1) is 6.92 Å². The summed E-state index contributed by atoms with van der Waals surface area (Å²) in [6, 6.07) is 12.1. The van der Waals surface area contributed by atoms with E-state index in [9.17, 15) is 0 Å². The minimum Gasteiger partial charge on any atom is -0.481 e. The van der Waals surface area contributed by atoms with Crippen LogP contribution in [-0.2, 0) is 13.1 Å². The van der Waals surface area contributed by atoms with Gasteiger partial charge in [-0.15, -0.1) is 0 Å². The standard InChI is InChI=1S/C17H19N3O2/c1-12-8-14(22-19-12)11-20(2)10-13-9-17(21-3)18-16-7-5-4-6-15(13)16/h4-9H,10-11H2,1-3H3. The first-order valence-corrected chi connectivity index (χ1v) is 7.19. The van der Waals surface area contributed by atoms with Gasteiger partial charge in [-0.3, -0.25) is 4.90 Å². The van der Waals surface area contributed by atoms with Crippen molar-refractivity contribution in [1.29, 1.82) is 0 Å². The molecule has 5 heteroatoms. The molecule has 0 radical (unpaired) electrons. The summed E-state index contributed by atoms with van der Waals surface area (Å²) in [6.07, 6.45) is 0. The molecule has 2 heterocycles. The molecule has 0 spiro atoms. The molecule has 0 aliphatic rings. The fraction of sp³-hybridized carbons (Fsp3) is 0.294. The summed E-state index contributed by atoms with van der Waals surface area (Å²) in [5, 5.41) is 5.06. The Morgan fingerprint density at radius 1 is 1.18 bits per heavy atom. The maximum atomic E-state index is 5.31.